The topological polar surface area (TPSA) is 26.3 Å². The van der Waals surface area contributed by atoms with Crippen LogP contribution in [0.15, 0.2) is 54.6 Å². The van der Waals surface area contributed by atoms with Crippen molar-refractivity contribution in [2.45, 2.75) is 0 Å². The summed E-state index contributed by atoms with van der Waals surface area (Å²) >= 11 is 15.2. The Morgan fingerprint density at radius 1 is 1.04 bits per heavy atom. The zero-order valence-electron chi connectivity index (χ0n) is 12.7. The molecule has 5 heteroatoms. The van der Waals surface area contributed by atoms with Crippen LogP contribution in [0.1, 0.15) is 11.1 Å². The molecule has 0 unspecified atom stereocenters. The summed E-state index contributed by atoms with van der Waals surface area (Å²) in [5.41, 5.74) is 1.67. The Morgan fingerprint density at radius 2 is 1.75 bits per heavy atom. The molecule has 24 heavy (non-hydrogen) atoms. The molecule has 2 nitrogen and oxygen atoms in total. The van der Waals surface area contributed by atoms with E-state index < -0.39 is 0 Å². The Kier molecular flexibility index (Phi) is 7.57. The smallest absolute Gasteiger partial charge is 0.178 e. The third kappa shape index (κ3) is 6.16. The molecule has 0 heterocycles. The molecule has 0 aliphatic carbocycles. The molecule has 0 atom stereocenters. The lowest BCUT2D eigenvalue weighted by atomic mass is 10.1. The molecule has 0 aromatic heterocycles. The van der Waals surface area contributed by atoms with Crippen LogP contribution in [0.2, 0.25) is 10.0 Å². The van der Waals surface area contributed by atoms with E-state index in [1.165, 1.54) is 12.2 Å². The van der Waals surface area contributed by atoms with Gasteiger partial charge in [0, 0.05) is 15.4 Å². The second-order valence-electron chi connectivity index (χ2n) is 4.84. The Labute approximate surface area is 159 Å². The zero-order valence-corrected chi connectivity index (χ0v) is 15.8. The van der Waals surface area contributed by atoms with Crippen LogP contribution in [-0.2, 0) is 4.79 Å². The highest BCUT2D eigenvalue weighted by atomic mass is 79.9. The van der Waals surface area contributed by atoms with Crippen LogP contribution in [0.3, 0.4) is 0 Å². The second kappa shape index (κ2) is 9.67. The van der Waals surface area contributed by atoms with Gasteiger partial charge in [0.05, 0.1) is 6.61 Å². The lowest BCUT2D eigenvalue weighted by Gasteiger charge is -2.03. The van der Waals surface area contributed by atoms with E-state index in [1.807, 2.05) is 24.3 Å². The number of carbonyl (C=O) groups excluding carboxylic acids is 1. The standard InChI is InChI=1S/C19H15BrCl2O2/c20-11-12-24-18-9-2-14(3-10-18)1-7-17(23)8-5-15-4-6-16(21)13-19(15)22/h1-10,13H,11-12H2. The van der Waals surface area contributed by atoms with E-state index in [0.29, 0.717) is 16.7 Å². The number of allylic oxidation sites excluding steroid dienone is 2. The summed E-state index contributed by atoms with van der Waals surface area (Å²) in [6.07, 6.45) is 6.40. The summed E-state index contributed by atoms with van der Waals surface area (Å²) < 4.78 is 5.47. The number of ether oxygens (including phenoxy) is 1. The molecule has 0 fully saturated rings. The van der Waals surface area contributed by atoms with E-state index in [1.54, 1.807) is 30.4 Å². The molecule has 0 aliphatic rings. The molecule has 124 valence electrons. The van der Waals surface area contributed by atoms with Crippen molar-refractivity contribution in [3.05, 3.63) is 75.8 Å². The quantitative estimate of drug-likeness (QED) is 0.397. The molecule has 0 bridgehead atoms. The normalized spacial score (nSPS) is 11.3. The van der Waals surface area contributed by atoms with E-state index in [4.69, 9.17) is 27.9 Å². The van der Waals surface area contributed by atoms with Gasteiger partial charge in [-0.1, -0.05) is 63.4 Å². The molecular formula is C19H15BrCl2O2. The van der Waals surface area contributed by atoms with Crippen LogP contribution in [0, 0.1) is 0 Å². The van der Waals surface area contributed by atoms with Gasteiger partial charge in [0.2, 0.25) is 0 Å². The predicted molar refractivity (Wildman–Crippen MR) is 105 cm³/mol. The Hall–Kier alpha value is -1.55. The van der Waals surface area contributed by atoms with Crippen molar-refractivity contribution in [1.82, 2.24) is 0 Å². The Bertz CT molecular complexity index is 752. The van der Waals surface area contributed by atoms with Gasteiger partial charge in [0.15, 0.2) is 5.78 Å². The van der Waals surface area contributed by atoms with Gasteiger partial charge in [-0.05, 0) is 53.6 Å². The number of halogens is 3. The summed E-state index contributed by atoms with van der Waals surface area (Å²) in [6, 6.07) is 12.7. The molecule has 0 saturated carbocycles. The van der Waals surface area contributed by atoms with E-state index in [0.717, 1.165) is 22.2 Å². The van der Waals surface area contributed by atoms with Crippen LogP contribution < -0.4 is 4.74 Å². The maximum absolute atomic E-state index is 11.9. The largest absolute Gasteiger partial charge is 0.493 e. The Morgan fingerprint density at radius 3 is 2.42 bits per heavy atom. The number of rotatable bonds is 7. The molecule has 0 saturated heterocycles. The fourth-order valence-corrected chi connectivity index (χ4v) is 2.51. The van der Waals surface area contributed by atoms with Crippen LogP contribution in [0.25, 0.3) is 12.2 Å². The van der Waals surface area contributed by atoms with Crippen molar-refractivity contribution < 1.29 is 9.53 Å². The first-order valence-corrected chi connectivity index (χ1v) is 9.10. The number of carbonyl (C=O) groups is 1. The number of hydrogen-bond acceptors (Lipinski definition) is 2. The highest BCUT2D eigenvalue weighted by Crippen LogP contribution is 2.22. The van der Waals surface area contributed by atoms with E-state index in [9.17, 15) is 4.79 Å². The molecule has 0 amide bonds. The van der Waals surface area contributed by atoms with Crippen molar-refractivity contribution in [3.8, 4) is 5.75 Å². The first-order chi connectivity index (χ1) is 11.6. The maximum atomic E-state index is 11.9. The van der Waals surface area contributed by atoms with Gasteiger partial charge in [-0.25, -0.2) is 0 Å². The van der Waals surface area contributed by atoms with Gasteiger partial charge in [0.1, 0.15) is 5.75 Å². The number of ketones is 1. The van der Waals surface area contributed by atoms with E-state index in [-0.39, 0.29) is 5.78 Å². The van der Waals surface area contributed by atoms with Gasteiger partial charge in [-0.2, -0.15) is 0 Å². The molecule has 0 aliphatic heterocycles. The summed E-state index contributed by atoms with van der Waals surface area (Å²) in [5.74, 6) is 0.677. The van der Waals surface area contributed by atoms with Crippen LogP contribution in [0.4, 0.5) is 0 Å². The third-order valence-electron chi connectivity index (χ3n) is 3.06. The van der Waals surface area contributed by atoms with Gasteiger partial charge < -0.3 is 4.74 Å². The van der Waals surface area contributed by atoms with Crippen LogP contribution in [0.5, 0.6) is 5.75 Å². The van der Waals surface area contributed by atoms with Gasteiger partial charge in [0.25, 0.3) is 0 Å². The average Bonchev–Trinajstić information content (AvgIpc) is 2.58. The molecule has 0 spiro atoms. The van der Waals surface area contributed by atoms with Crippen LogP contribution >= 0.6 is 39.1 Å². The molecule has 0 radical (unpaired) electrons. The third-order valence-corrected chi connectivity index (χ3v) is 3.94. The summed E-state index contributed by atoms with van der Waals surface area (Å²) in [6.45, 7) is 0.617. The number of benzene rings is 2. The zero-order chi connectivity index (χ0) is 17.4. The van der Waals surface area contributed by atoms with Gasteiger partial charge in [-0.15, -0.1) is 0 Å². The maximum Gasteiger partial charge on any atom is 0.178 e. The highest BCUT2D eigenvalue weighted by molar-refractivity contribution is 9.09. The van der Waals surface area contributed by atoms with Crippen molar-refractivity contribution in [2.24, 2.45) is 0 Å². The minimum absolute atomic E-state index is 0.124. The first-order valence-electron chi connectivity index (χ1n) is 7.22. The first kappa shape index (κ1) is 18.8. The molecule has 2 aromatic rings. The monoisotopic (exact) mass is 424 g/mol. The molecule has 0 N–H and O–H groups in total. The summed E-state index contributed by atoms with van der Waals surface area (Å²) in [7, 11) is 0. The average molecular weight is 426 g/mol. The lowest BCUT2D eigenvalue weighted by Crippen LogP contribution is -1.97. The predicted octanol–water partition coefficient (Wildman–Crippen LogP) is 6.06. The van der Waals surface area contributed by atoms with Crippen LogP contribution in [-0.4, -0.2) is 17.7 Å². The molecular weight excluding hydrogens is 411 g/mol. The second-order valence-corrected chi connectivity index (χ2v) is 6.48. The van der Waals surface area contributed by atoms with Crippen molar-refractivity contribution >= 4 is 57.1 Å². The van der Waals surface area contributed by atoms with E-state index >= 15 is 0 Å². The molecule has 2 rings (SSSR count). The Balaban J connectivity index is 1.96. The summed E-state index contributed by atoms with van der Waals surface area (Å²) in [5, 5.41) is 1.86. The summed E-state index contributed by atoms with van der Waals surface area (Å²) in [4.78, 5) is 11.9. The SMILES string of the molecule is O=C(C=Cc1ccc(OCCBr)cc1)C=Cc1ccc(Cl)cc1Cl. The minimum Gasteiger partial charge on any atom is -0.493 e. The van der Waals surface area contributed by atoms with Gasteiger partial charge >= 0.3 is 0 Å². The van der Waals surface area contributed by atoms with E-state index in [2.05, 4.69) is 15.9 Å². The lowest BCUT2D eigenvalue weighted by molar-refractivity contribution is -0.110. The number of hydrogen-bond donors (Lipinski definition) is 0. The fraction of sp³-hybridized carbons (Fsp3) is 0.105. The van der Waals surface area contributed by atoms with Gasteiger partial charge in [-0.3, -0.25) is 4.79 Å². The van der Waals surface area contributed by atoms with Crippen molar-refractivity contribution in [3.63, 3.8) is 0 Å². The molecule has 2 aromatic carbocycles. The van der Waals surface area contributed by atoms with Crippen molar-refractivity contribution in [1.29, 1.82) is 0 Å². The highest BCUT2D eigenvalue weighted by Gasteiger charge is 1.98. The minimum atomic E-state index is -0.124. The fourth-order valence-electron chi connectivity index (χ4n) is 1.87. The van der Waals surface area contributed by atoms with Crippen molar-refractivity contribution in [2.75, 3.05) is 11.9 Å². The number of alkyl halides is 1.